The molecule has 0 unspecified atom stereocenters. The molecule has 1 aliphatic rings. The third-order valence-electron chi connectivity index (χ3n) is 4.50. The van der Waals surface area contributed by atoms with Gasteiger partial charge in [0.05, 0.1) is 12.2 Å². The zero-order valence-corrected chi connectivity index (χ0v) is 15.0. The molecule has 0 bridgehead atoms. The Labute approximate surface area is 155 Å². The largest absolute Gasteiger partial charge is 0.480 e. The van der Waals surface area contributed by atoms with Crippen LogP contribution in [0.3, 0.4) is 0 Å². The van der Waals surface area contributed by atoms with Gasteiger partial charge in [-0.25, -0.2) is 8.78 Å². The van der Waals surface area contributed by atoms with Crippen LogP contribution in [-0.4, -0.2) is 72.6 Å². The van der Waals surface area contributed by atoms with Crippen molar-refractivity contribution in [1.29, 1.82) is 0 Å². The van der Waals surface area contributed by atoms with E-state index in [9.17, 15) is 23.2 Å². The van der Waals surface area contributed by atoms with Gasteiger partial charge in [-0.1, -0.05) is 0 Å². The van der Waals surface area contributed by atoms with Crippen molar-refractivity contribution in [3.63, 3.8) is 0 Å². The number of carbonyl (C=O) groups excluding carboxylic acids is 2. The normalized spacial score (nSPS) is 14.9. The summed E-state index contributed by atoms with van der Waals surface area (Å²) in [5.74, 6) is -4.06. The molecule has 0 saturated carbocycles. The fourth-order valence-corrected chi connectivity index (χ4v) is 3.05. The molecule has 2 amide bonds. The minimum absolute atomic E-state index is 0.168. The number of benzene rings is 1. The highest BCUT2D eigenvalue weighted by atomic mass is 19.1. The topological polar surface area (TPSA) is 87.2 Å². The first-order valence-corrected chi connectivity index (χ1v) is 8.57. The molecule has 27 heavy (non-hydrogen) atoms. The third kappa shape index (κ3) is 5.46. The molecule has 0 aromatic heterocycles. The van der Waals surface area contributed by atoms with E-state index in [2.05, 4.69) is 0 Å². The van der Waals surface area contributed by atoms with Crippen molar-refractivity contribution in [1.82, 2.24) is 9.80 Å². The maximum Gasteiger partial charge on any atom is 0.323 e. The van der Waals surface area contributed by atoms with Crippen molar-refractivity contribution in [2.24, 2.45) is 5.92 Å². The number of ether oxygens (including phenoxy) is 1. The zero-order valence-electron chi connectivity index (χ0n) is 15.0. The van der Waals surface area contributed by atoms with Gasteiger partial charge in [-0.2, -0.15) is 0 Å². The Morgan fingerprint density at radius 2 is 1.93 bits per heavy atom. The molecule has 9 heteroatoms. The summed E-state index contributed by atoms with van der Waals surface area (Å²) < 4.78 is 31.7. The third-order valence-corrected chi connectivity index (χ3v) is 4.50. The van der Waals surface area contributed by atoms with Crippen molar-refractivity contribution < 1.29 is 33.0 Å². The molecule has 1 aromatic rings. The molecular formula is C18H22F2N2O5. The van der Waals surface area contributed by atoms with Gasteiger partial charge in [0.2, 0.25) is 5.91 Å². The van der Waals surface area contributed by atoms with Gasteiger partial charge in [0.1, 0.15) is 18.2 Å². The molecular weight excluding hydrogens is 362 g/mol. The Hall–Kier alpha value is -2.55. The number of carboxylic acid groups (broad SMARTS) is 1. The molecule has 7 nitrogen and oxygen atoms in total. The summed E-state index contributed by atoms with van der Waals surface area (Å²) in [7, 11) is 1.46. The van der Waals surface area contributed by atoms with Gasteiger partial charge in [-0.3, -0.25) is 14.4 Å². The predicted octanol–water partition coefficient (Wildman–Crippen LogP) is 1.38. The monoisotopic (exact) mass is 384 g/mol. The minimum Gasteiger partial charge on any atom is -0.480 e. The molecule has 1 aromatic carbocycles. The Morgan fingerprint density at radius 1 is 1.26 bits per heavy atom. The van der Waals surface area contributed by atoms with Crippen LogP contribution in [0.5, 0.6) is 0 Å². The molecule has 0 atom stereocenters. The number of methoxy groups -OCH3 is 1. The van der Waals surface area contributed by atoms with Crippen LogP contribution in [0.25, 0.3) is 0 Å². The van der Waals surface area contributed by atoms with Crippen LogP contribution in [-0.2, 0) is 14.3 Å². The van der Waals surface area contributed by atoms with E-state index in [0.29, 0.717) is 18.9 Å². The van der Waals surface area contributed by atoms with Crippen LogP contribution in [0.4, 0.5) is 8.78 Å². The Bertz CT molecular complexity index is 705. The van der Waals surface area contributed by atoms with Gasteiger partial charge in [-0.15, -0.1) is 0 Å². The molecule has 0 aliphatic carbocycles. The van der Waals surface area contributed by atoms with Gasteiger partial charge < -0.3 is 19.6 Å². The van der Waals surface area contributed by atoms with Gasteiger partial charge in [0.25, 0.3) is 5.91 Å². The Kier molecular flexibility index (Phi) is 7.23. The smallest absolute Gasteiger partial charge is 0.323 e. The van der Waals surface area contributed by atoms with E-state index in [0.717, 1.165) is 12.1 Å². The van der Waals surface area contributed by atoms with Gasteiger partial charge in [0, 0.05) is 38.7 Å². The lowest BCUT2D eigenvalue weighted by Gasteiger charge is -2.34. The molecule has 1 saturated heterocycles. The predicted molar refractivity (Wildman–Crippen MR) is 91.1 cm³/mol. The Balaban J connectivity index is 1.97. The van der Waals surface area contributed by atoms with Crippen LogP contribution in [0.1, 0.15) is 23.2 Å². The second kappa shape index (κ2) is 9.40. The van der Waals surface area contributed by atoms with Crippen LogP contribution in [0.15, 0.2) is 18.2 Å². The molecule has 1 fully saturated rings. The first-order chi connectivity index (χ1) is 12.8. The summed E-state index contributed by atoms with van der Waals surface area (Å²) in [6.45, 7) is 0.443. The van der Waals surface area contributed by atoms with Gasteiger partial charge in [-0.05, 0) is 25.0 Å². The SMILES string of the molecule is COCCN(CC(=O)O)C(=O)C1CCN(C(=O)c2ccc(F)cc2F)CC1. The number of likely N-dealkylation sites (tertiary alicyclic amines) is 1. The number of halogens is 2. The number of carbonyl (C=O) groups is 3. The van der Waals surface area contributed by atoms with Gasteiger partial charge in [0.15, 0.2) is 0 Å². The summed E-state index contributed by atoms with van der Waals surface area (Å²) >= 11 is 0. The second-order valence-electron chi connectivity index (χ2n) is 6.34. The average Bonchev–Trinajstić information content (AvgIpc) is 2.64. The molecule has 2 rings (SSSR count). The summed E-state index contributed by atoms with van der Waals surface area (Å²) in [5.41, 5.74) is -0.214. The molecule has 0 spiro atoms. The van der Waals surface area contributed by atoms with Crippen LogP contribution in [0, 0.1) is 17.6 Å². The summed E-state index contributed by atoms with van der Waals surface area (Å²) in [6, 6.07) is 2.78. The highest BCUT2D eigenvalue weighted by Crippen LogP contribution is 2.22. The highest BCUT2D eigenvalue weighted by Gasteiger charge is 2.31. The number of amides is 2. The number of piperidine rings is 1. The van der Waals surface area contributed by atoms with E-state index in [1.807, 2.05) is 0 Å². The van der Waals surface area contributed by atoms with Crippen molar-refractivity contribution in [3.8, 4) is 0 Å². The standard InChI is InChI=1S/C18H22F2N2O5/c1-27-9-8-22(11-16(23)24)17(25)12-4-6-21(7-5-12)18(26)14-3-2-13(19)10-15(14)20/h2-3,10,12H,4-9,11H2,1H3,(H,23,24). The van der Waals surface area contributed by atoms with E-state index in [-0.39, 0.29) is 37.7 Å². The number of carboxylic acids is 1. The van der Waals surface area contributed by atoms with E-state index in [4.69, 9.17) is 9.84 Å². The maximum atomic E-state index is 13.8. The number of aliphatic carboxylic acids is 1. The Morgan fingerprint density at radius 3 is 2.48 bits per heavy atom. The fourth-order valence-electron chi connectivity index (χ4n) is 3.05. The van der Waals surface area contributed by atoms with Crippen molar-refractivity contribution in [3.05, 3.63) is 35.4 Å². The number of nitrogens with zero attached hydrogens (tertiary/aromatic N) is 2. The second-order valence-corrected chi connectivity index (χ2v) is 6.34. The van der Waals surface area contributed by atoms with Crippen molar-refractivity contribution >= 4 is 17.8 Å². The van der Waals surface area contributed by atoms with Crippen molar-refractivity contribution in [2.45, 2.75) is 12.8 Å². The van der Waals surface area contributed by atoms with E-state index >= 15 is 0 Å². The van der Waals surface area contributed by atoms with Crippen LogP contribution < -0.4 is 0 Å². The average molecular weight is 384 g/mol. The summed E-state index contributed by atoms with van der Waals surface area (Å²) in [5, 5.41) is 8.97. The fraction of sp³-hybridized carbons (Fsp3) is 0.500. The number of hydrogen-bond acceptors (Lipinski definition) is 4. The quantitative estimate of drug-likeness (QED) is 0.767. The van der Waals surface area contributed by atoms with Crippen LogP contribution in [0.2, 0.25) is 0 Å². The minimum atomic E-state index is -1.11. The highest BCUT2D eigenvalue weighted by molar-refractivity contribution is 5.94. The number of hydrogen-bond donors (Lipinski definition) is 1. The van der Waals surface area contributed by atoms with E-state index in [1.165, 1.54) is 16.9 Å². The lowest BCUT2D eigenvalue weighted by Crippen LogP contribution is -2.46. The number of rotatable bonds is 7. The lowest BCUT2D eigenvalue weighted by atomic mass is 9.94. The molecule has 0 radical (unpaired) electrons. The molecule has 148 valence electrons. The molecule has 1 N–H and O–H groups in total. The first-order valence-electron chi connectivity index (χ1n) is 8.57. The summed E-state index contributed by atoms with van der Waals surface area (Å²) in [6.07, 6.45) is 0.687. The molecule has 1 aliphatic heterocycles. The first kappa shape index (κ1) is 20.8. The molecule has 1 heterocycles. The zero-order chi connectivity index (χ0) is 20.0. The maximum absolute atomic E-state index is 13.8. The van der Waals surface area contributed by atoms with Gasteiger partial charge >= 0.3 is 5.97 Å². The lowest BCUT2D eigenvalue weighted by molar-refractivity contribution is -0.147. The van der Waals surface area contributed by atoms with E-state index < -0.39 is 36.0 Å². The van der Waals surface area contributed by atoms with Crippen molar-refractivity contribution in [2.75, 3.05) is 39.9 Å². The summed E-state index contributed by atoms with van der Waals surface area (Å²) in [4.78, 5) is 38.6. The van der Waals surface area contributed by atoms with E-state index in [1.54, 1.807) is 0 Å². The van der Waals surface area contributed by atoms with Crippen LogP contribution >= 0.6 is 0 Å².